The molecular weight excluding hydrogens is 407 g/mol. The largest absolute Gasteiger partial charge is 0.399 e. The Morgan fingerprint density at radius 1 is 1.06 bits per heavy atom. The van der Waals surface area contributed by atoms with Crippen LogP contribution < -0.4 is 16.0 Å². The lowest BCUT2D eigenvalue weighted by Crippen LogP contribution is -2.39. The maximum Gasteiger partial charge on any atom is 0.139 e. The smallest absolute Gasteiger partial charge is 0.139 e. The highest BCUT2D eigenvalue weighted by atomic mass is 32.2. The highest BCUT2D eigenvalue weighted by Crippen LogP contribution is 2.38. The van der Waals surface area contributed by atoms with Gasteiger partial charge in [-0.05, 0) is 66.8 Å². The molecule has 1 unspecified atom stereocenters. The molecule has 1 aliphatic rings. The van der Waals surface area contributed by atoms with Crippen LogP contribution in [0.2, 0.25) is 0 Å². The molecule has 4 rings (SSSR count). The van der Waals surface area contributed by atoms with Gasteiger partial charge in [0.05, 0.1) is 0 Å². The van der Waals surface area contributed by atoms with Crippen molar-refractivity contribution in [3.05, 3.63) is 66.7 Å². The second kappa shape index (κ2) is 8.79. The number of anilines is 4. The third-order valence-corrected chi connectivity index (χ3v) is 6.68. The van der Waals surface area contributed by atoms with Crippen LogP contribution >= 0.6 is 11.8 Å². The Morgan fingerprint density at radius 3 is 2.55 bits per heavy atom. The van der Waals surface area contributed by atoms with Crippen LogP contribution in [0.15, 0.2) is 70.7 Å². The predicted octanol–water partition coefficient (Wildman–Crippen LogP) is 6.71. The van der Waals surface area contributed by atoms with E-state index in [1.807, 2.05) is 30.3 Å². The summed E-state index contributed by atoms with van der Waals surface area (Å²) in [6, 6.07) is 15.5. The van der Waals surface area contributed by atoms with Crippen LogP contribution in [0.25, 0.3) is 0 Å². The Labute approximate surface area is 188 Å². The highest BCUT2D eigenvalue weighted by molar-refractivity contribution is 7.99. The van der Waals surface area contributed by atoms with Gasteiger partial charge in [0.1, 0.15) is 5.82 Å². The molecule has 0 amide bonds. The lowest BCUT2D eigenvalue weighted by molar-refractivity contribution is 0.320. The predicted molar refractivity (Wildman–Crippen MR) is 129 cm³/mol. The van der Waals surface area contributed by atoms with Gasteiger partial charge in [-0.1, -0.05) is 32.5 Å². The van der Waals surface area contributed by atoms with Crippen LogP contribution in [-0.2, 0) is 0 Å². The van der Waals surface area contributed by atoms with Crippen LogP contribution in [0.3, 0.4) is 0 Å². The van der Waals surface area contributed by atoms with Gasteiger partial charge in [-0.3, -0.25) is 4.98 Å². The molecule has 1 saturated heterocycles. The second-order valence-electron chi connectivity index (χ2n) is 9.09. The van der Waals surface area contributed by atoms with E-state index in [1.54, 1.807) is 18.5 Å². The summed E-state index contributed by atoms with van der Waals surface area (Å²) in [4.78, 5) is 7.99. The number of nitrogens with zero attached hydrogens (tertiary/aromatic N) is 2. The summed E-state index contributed by atoms with van der Waals surface area (Å²) < 4.78 is 14.7. The van der Waals surface area contributed by atoms with Crippen molar-refractivity contribution in [1.29, 1.82) is 0 Å². The number of nitrogen functional groups attached to an aromatic ring is 1. The minimum atomic E-state index is -0.261. The van der Waals surface area contributed by atoms with Crippen LogP contribution in [0.5, 0.6) is 0 Å². The Bertz CT molecular complexity index is 1050. The number of hydrogen-bond acceptors (Lipinski definition) is 5. The molecule has 2 aromatic carbocycles. The molecule has 0 radical (unpaired) electrons. The lowest BCUT2D eigenvalue weighted by Gasteiger charge is -2.37. The van der Waals surface area contributed by atoms with E-state index in [0.29, 0.717) is 22.3 Å². The Hall–Kier alpha value is -2.73. The minimum absolute atomic E-state index is 0.195. The van der Waals surface area contributed by atoms with E-state index < -0.39 is 0 Å². The average Bonchev–Trinajstić information content (AvgIpc) is 3.21. The topological polar surface area (TPSA) is 54.2 Å². The quantitative estimate of drug-likeness (QED) is 0.435. The van der Waals surface area contributed by atoms with Crippen molar-refractivity contribution >= 4 is 34.5 Å². The van der Waals surface area contributed by atoms with Crippen molar-refractivity contribution in [2.24, 2.45) is 5.41 Å². The molecular formula is C25H29FN4S. The van der Waals surface area contributed by atoms with E-state index in [9.17, 15) is 4.39 Å². The fraction of sp³-hybridized carbons (Fsp3) is 0.320. The first-order valence-corrected chi connectivity index (χ1v) is 11.4. The number of benzene rings is 2. The van der Waals surface area contributed by atoms with Gasteiger partial charge >= 0.3 is 0 Å². The molecule has 4 nitrogen and oxygen atoms in total. The summed E-state index contributed by atoms with van der Waals surface area (Å²) in [6.45, 7) is 7.89. The molecule has 0 bridgehead atoms. The monoisotopic (exact) mass is 436 g/mol. The first-order chi connectivity index (χ1) is 14.8. The van der Waals surface area contributed by atoms with Crippen molar-refractivity contribution < 1.29 is 4.39 Å². The molecule has 0 spiro atoms. The van der Waals surface area contributed by atoms with Gasteiger partial charge in [0.15, 0.2) is 0 Å². The summed E-state index contributed by atoms with van der Waals surface area (Å²) in [7, 11) is 0. The van der Waals surface area contributed by atoms with Crippen molar-refractivity contribution in [2.75, 3.05) is 22.5 Å². The Kier molecular flexibility index (Phi) is 6.10. The van der Waals surface area contributed by atoms with E-state index in [-0.39, 0.29) is 11.2 Å². The summed E-state index contributed by atoms with van der Waals surface area (Å²) >= 11 is 1.38. The number of halogens is 1. The molecule has 3 aromatic rings. The van der Waals surface area contributed by atoms with Gasteiger partial charge in [-0.25, -0.2) is 4.39 Å². The third kappa shape index (κ3) is 5.13. The first-order valence-electron chi connectivity index (χ1n) is 10.6. The molecule has 2 heterocycles. The van der Waals surface area contributed by atoms with Crippen molar-refractivity contribution in [3.63, 3.8) is 0 Å². The molecule has 1 atom stereocenters. The highest BCUT2D eigenvalue weighted by Gasteiger charge is 2.34. The Morgan fingerprint density at radius 2 is 1.84 bits per heavy atom. The SMILES string of the molecule is CC(C)(C)C1CCCN1c1cc(N)cc(Nc2ccc(Sc3ccncc3)c(F)c2)c1. The first kappa shape index (κ1) is 21.5. The number of rotatable bonds is 5. The molecule has 6 heteroatoms. The van der Waals surface area contributed by atoms with E-state index in [1.165, 1.54) is 30.7 Å². The van der Waals surface area contributed by atoms with Crippen molar-refractivity contribution in [1.82, 2.24) is 4.98 Å². The van der Waals surface area contributed by atoms with Crippen LogP contribution in [0.4, 0.5) is 27.1 Å². The van der Waals surface area contributed by atoms with Gasteiger partial charge < -0.3 is 16.0 Å². The summed E-state index contributed by atoms with van der Waals surface area (Å²) in [5, 5.41) is 3.33. The average molecular weight is 437 g/mol. The normalized spacial score (nSPS) is 16.5. The second-order valence-corrected chi connectivity index (χ2v) is 10.2. The number of aromatic nitrogens is 1. The minimum Gasteiger partial charge on any atom is -0.399 e. The van der Waals surface area contributed by atoms with Gasteiger partial charge in [-0.2, -0.15) is 0 Å². The number of nitrogens with two attached hydrogens (primary N) is 1. The summed E-state index contributed by atoms with van der Waals surface area (Å²) in [5.41, 5.74) is 9.80. The fourth-order valence-electron chi connectivity index (χ4n) is 4.21. The molecule has 3 N–H and O–H groups in total. The molecule has 1 fully saturated rings. The Balaban J connectivity index is 1.54. The molecule has 0 saturated carbocycles. The number of hydrogen-bond donors (Lipinski definition) is 2. The third-order valence-electron chi connectivity index (χ3n) is 5.62. The maximum absolute atomic E-state index is 14.7. The van der Waals surface area contributed by atoms with E-state index >= 15 is 0 Å². The zero-order valence-electron chi connectivity index (χ0n) is 18.2. The molecule has 1 aliphatic heterocycles. The van der Waals surface area contributed by atoms with Gasteiger partial charge in [0.25, 0.3) is 0 Å². The van der Waals surface area contributed by atoms with E-state index in [4.69, 9.17) is 5.73 Å². The van der Waals surface area contributed by atoms with Crippen molar-refractivity contribution in [2.45, 2.75) is 49.4 Å². The standard InChI is InChI=1S/C25H29FN4S/c1-25(2,3)24-5-4-12-30(24)20-14-17(27)13-19(15-20)29-18-6-7-23(22(26)16-18)31-21-8-10-28-11-9-21/h6-11,13-16,24,29H,4-5,12,27H2,1-3H3. The lowest BCUT2D eigenvalue weighted by atomic mass is 9.85. The molecule has 31 heavy (non-hydrogen) atoms. The maximum atomic E-state index is 14.7. The van der Waals surface area contributed by atoms with Gasteiger partial charge in [-0.15, -0.1) is 0 Å². The number of nitrogens with one attached hydrogen (secondary N) is 1. The zero-order valence-corrected chi connectivity index (χ0v) is 19.0. The van der Waals surface area contributed by atoms with Crippen LogP contribution in [0, 0.1) is 11.2 Å². The van der Waals surface area contributed by atoms with E-state index in [0.717, 1.165) is 22.8 Å². The molecule has 162 valence electrons. The summed E-state index contributed by atoms with van der Waals surface area (Å²) in [6.07, 6.45) is 5.78. The van der Waals surface area contributed by atoms with E-state index in [2.05, 4.69) is 42.0 Å². The number of pyridine rings is 1. The summed E-state index contributed by atoms with van der Waals surface area (Å²) in [5.74, 6) is -0.261. The van der Waals surface area contributed by atoms with Crippen LogP contribution in [-0.4, -0.2) is 17.6 Å². The van der Waals surface area contributed by atoms with Gasteiger partial charge in [0, 0.05) is 57.5 Å². The molecule has 1 aromatic heterocycles. The van der Waals surface area contributed by atoms with Crippen molar-refractivity contribution in [3.8, 4) is 0 Å². The van der Waals surface area contributed by atoms with Gasteiger partial charge in [0.2, 0.25) is 0 Å². The fourth-order valence-corrected chi connectivity index (χ4v) is 5.01. The zero-order chi connectivity index (χ0) is 22.0. The van der Waals surface area contributed by atoms with Crippen LogP contribution in [0.1, 0.15) is 33.6 Å². The molecule has 0 aliphatic carbocycles.